The molecule has 264 valence electrons. The molecule has 0 spiro atoms. The van der Waals surface area contributed by atoms with Gasteiger partial charge in [-0.15, -0.1) is 0 Å². The molecule has 2 aromatic heterocycles. The maximum absolute atomic E-state index is 6.28. The van der Waals surface area contributed by atoms with Crippen molar-refractivity contribution in [1.82, 2.24) is 0 Å². The molecular formula is C48H38N2O2S2. The summed E-state index contributed by atoms with van der Waals surface area (Å²) in [7, 11) is 0. The van der Waals surface area contributed by atoms with Crippen LogP contribution in [-0.2, 0) is 0 Å². The first-order valence-corrected chi connectivity index (χ1v) is 19.9. The van der Waals surface area contributed by atoms with Crippen LogP contribution >= 0.6 is 23.5 Å². The Labute approximate surface area is 323 Å². The summed E-state index contributed by atoms with van der Waals surface area (Å²) in [6.07, 6.45) is 4.68. The van der Waals surface area contributed by atoms with Gasteiger partial charge in [-0.1, -0.05) is 95.3 Å². The Balaban J connectivity index is 1.21. The molecular weight excluding hydrogens is 701 g/mol. The minimum atomic E-state index is 0.891. The van der Waals surface area contributed by atoms with Crippen molar-refractivity contribution < 1.29 is 8.83 Å². The first-order chi connectivity index (χ1) is 26.2. The molecule has 0 aliphatic carbocycles. The fourth-order valence-corrected chi connectivity index (χ4v) is 11.2. The van der Waals surface area contributed by atoms with Gasteiger partial charge >= 0.3 is 0 Å². The summed E-state index contributed by atoms with van der Waals surface area (Å²) in [6, 6.07) is 39.0. The molecule has 4 heterocycles. The topological polar surface area (TPSA) is 32.8 Å². The lowest BCUT2D eigenvalue weighted by Gasteiger charge is -2.25. The number of benzene rings is 6. The predicted octanol–water partition coefficient (Wildman–Crippen LogP) is 14.3. The standard InChI is InChI=1S/C48H38N2O2S2/c1-27-19-29(3)45(30(4)20-27)43-25-49(33-15-17-41-37(23-33)35-11-7-9-13-39(35)51-41)47(53-43)48-50(26-44(54-48)46-31(5)21-28(2)22-32(46)6)34-16-18-42-38(24-34)36-12-8-10-14-40(36)52-42/h7-26H,1-6H3/b48-47+. The maximum atomic E-state index is 6.28. The van der Waals surface area contributed by atoms with Gasteiger partial charge in [-0.05, 0) is 123 Å². The van der Waals surface area contributed by atoms with Crippen LogP contribution in [0.5, 0.6) is 0 Å². The van der Waals surface area contributed by atoms with Crippen molar-refractivity contribution in [3.05, 3.63) is 176 Å². The fraction of sp³-hybridized carbons (Fsp3) is 0.125. The second kappa shape index (κ2) is 12.5. The zero-order valence-corrected chi connectivity index (χ0v) is 32.7. The average Bonchev–Trinajstić information content (AvgIpc) is 3.93. The molecule has 0 bridgehead atoms. The Kier molecular flexibility index (Phi) is 7.65. The van der Waals surface area contributed by atoms with Gasteiger partial charge in [0.05, 0.1) is 0 Å². The van der Waals surface area contributed by atoms with E-state index in [4.69, 9.17) is 8.83 Å². The zero-order chi connectivity index (χ0) is 36.8. The molecule has 10 rings (SSSR count). The van der Waals surface area contributed by atoms with E-state index in [-0.39, 0.29) is 0 Å². The van der Waals surface area contributed by atoms with Gasteiger partial charge in [-0.2, -0.15) is 0 Å². The van der Waals surface area contributed by atoms with Gasteiger partial charge in [0.1, 0.15) is 32.4 Å². The second-order valence-corrected chi connectivity index (χ2v) is 16.7. The molecule has 6 heteroatoms. The number of nitrogens with zero attached hydrogens (tertiary/aromatic N) is 2. The normalized spacial score (nSPS) is 16.1. The first-order valence-electron chi connectivity index (χ1n) is 18.3. The number of hydrogen-bond acceptors (Lipinski definition) is 6. The van der Waals surface area contributed by atoms with Crippen molar-refractivity contribution in [2.45, 2.75) is 41.5 Å². The molecule has 8 aromatic rings. The van der Waals surface area contributed by atoms with Gasteiger partial charge in [0, 0.05) is 55.1 Å². The molecule has 0 amide bonds. The van der Waals surface area contributed by atoms with E-state index in [0.717, 1.165) is 65.3 Å². The van der Waals surface area contributed by atoms with Crippen LogP contribution < -0.4 is 9.80 Å². The van der Waals surface area contributed by atoms with Crippen molar-refractivity contribution in [3.63, 3.8) is 0 Å². The average molecular weight is 739 g/mol. The molecule has 2 aliphatic heterocycles. The minimum Gasteiger partial charge on any atom is -0.456 e. The lowest BCUT2D eigenvalue weighted by atomic mass is 9.99. The first kappa shape index (κ1) is 33.0. The molecule has 0 saturated heterocycles. The summed E-state index contributed by atoms with van der Waals surface area (Å²) in [6.45, 7) is 13.3. The Hall–Kier alpha value is -5.56. The quantitative estimate of drug-likeness (QED) is 0.179. The van der Waals surface area contributed by atoms with E-state index in [1.807, 2.05) is 47.8 Å². The van der Waals surface area contributed by atoms with E-state index in [0.29, 0.717) is 0 Å². The SMILES string of the molecule is Cc1cc(C)c(C2=CN(c3ccc4oc5ccccc5c4c3)/C(=C3\SC(c4c(C)cc(C)cc4C)=CN3c3ccc4oc5ccccc5c4c3)S2)c(C)c1. The molecule has 4 nitrogen and oxygen atoms in total. The van der Waals surface area contributed by atoms with Gasteiger partial charge in [-0.25, -0.2) is 0 Å². The highest BCUT2D eigenvalue weighted by Gasteiger charge is 2.34. The van der Waals surface area contributed by atoms with Crippen LogP contribution in [0.4, 0.5) is 11.4 Å². The van der Waals surface area contributed by atoms with E-state index in [9.17, 15) is 0 Å². The number of fused-ring (bicyclic) bond motifs is 6. The van der Waals surface area contributed by atoms with Crippen molar-refractivity contribution >= 4 is 88.6 Å². The lowest BCUT2D eigenvalue weighted by molar-refractivity contribution is 0.668. The van der Waals surface area contributed by atoms with Crippen molar-refractivity contribution in [3.8, 4) is 0 Å². The van der Waals surface area contributed by atoms with E-state index < -0.39 is 0 Å². The molecule has 0 radical (unpaired) electrons. The highest BCUT2D eigenvalue weighted by atomic mass is 32.2. The third-order valence-corrected chi connectivity index (χ3v) is 13.0. The third-order valence-electron chi connectivity index (χ3n) is 10.7. The smallest absolute Gasteiger partial charge is 0.135 e. The van der Waals surface area contributed by atoms with E-state index in [2.05, 4.69) is 149 Å². The monoisotopic (exact) mass is 738 g/mol. The van der Waals surface area contributed by atoms with Crippen LogP contribution in [0.1, 0.15) is 44.5 Å². The Morgan fingerprint density at radius 1 is 0.407 bits per heavy atom. The highest BCUT2D eigenvalue weighted by molar-refractivity contribution is 8.15. The van der Waals surface area contributed by atoms with Crippen LogP contribution in [0, 0.1) is 41.5 Å². The number of para-hydroxylation sites is 2. The third kappa shape index (κ3) is 5.31. The highest BCUT2D eigenvalue weighted by Crippen LogP contribution is 2.55. The lowest BCUT2D eigenvalue weighted by Crippen LogP contribution is -2.18. The minimum absolute atomic E-state index is 0.891. The molecule has 54 heavy (non-hydrogen) atoms. The van der Waals surface area contributed by atoms with Crippen molar-refractivity contribution in [2.24, 2.45) is 0 Å². The largest absolute Gasteiger partial charge is 0.456 e. The molecule has 2 aliphatic rings. The number of thioether (sulfide) groups is 2. The predicted molar refractivity (Wildman–Crippen MR) is 232 cm³/mol. The maximum Gasteiger partial charge on any atom is 0.135 e. The summed E-state index contributed by atoms with van der Waals surface area (Å²) < 4.78 is 12.6. The van der Waals surface area contributed by atoms with Crippen LogP contribution in [0.2, 0.25) is 0 Å². The fourth-order valence-electron chi connectivity index (χ4n) is 8.48. The molecule has 6 aromatic carbocycles. The van der Waals surface area contributed by atoms with Crippen LogP contribution in [0.3, 0.4) is 0 Å². The van der Waals surface area contributed by atoms with Crippen molar-refractivity contribution in [2.75, 3.05) is 9.80 Å². The van der Waals surface area contributed by atoms with Crippen LogP contribution in [0.25, 0.3) is 53.7 Å². The van der Waals surface area contributed by atoms with E-state index in [1.165, 1.54) is 54.3 Å². The summed E-state index contributed by atoms with van der Waals surface area (Å²) >= 11 is 3.70. The number of rotatable bonds is 4. The molecule has 0 unspecified atom stereocenters. The van der Waals surface area contributed by atoms with Gasteiger partial charge in [0.15, 0.2) is 0 Å². The van der Waals surface area contributed by atoms with Gasteiger partial charge < -0.3 is 18.6 Å². The molecule has 0 atom stereocenters. The summed E-state index contributed by atoms with van der Waals surface area (Å²) in [5, 5.41) is 6.78. The van der Waals surface area contributed by atoms with Gasteiger partial charge in [0.2, 0.25) is 0 Å². The van der Waals surface area contributed by atoms with Crippen LogP contribution in [0.15, 0.2) is 140 Å². The van der Waals surface area contributed by atoms with E-state index >= 15 is 0 Å². The number of furan rings is 2. The molecule has 0 N–H and O–H groups in total. The van der Waals surface area contributed by atoms with E-state index in [1.54, 1.807) is 0 Å². The Bertz CT molecular complexity index is 2730. The Morgan fingerprint density at radius 2 is 0.778 bits per heavy atom. The van der Waals surface area contributed by atoms with Crippen molar-refractivity contribution in [1.29, 1.82) is 0 Å². The Morgan fingerprint density at radius 3 is 1.19 bits per heavy atom. The number of aryl methyl sites for hydroxylation is 6. The number of anilines is 2. The van der Waals surface area contributed by atoms with Crippen LogP contribution in [-0.4, -0.2) is 0 Å². The summed E-state index contributed by atoms with van der Waals surface area (Å²) in [5.74, 6) is 0. The molecule has 0 saturated carbocycles. The second-order valence-electron chi connectivity index (χ2n) is 14.6. The number of hydrogen-bond donors (Lipinski definition) is 0. The summed E-state index contributed by atoms with van der Waals surface area (Å²) in [4.78, 5) is 7.26. The molecule has 0 fully saturated rings. The van der Waals surface area contributed by atoms with Gasteiger partial charge in [-0.3, -0.25) is 0 Å². The summed E-state index contributed by atoms with van der Waals surface area (Å²) in [5.41, 5.74) is 16.0. The zero-order valence-electron chi connectivity index (χ0n) is 31.1. The van der Waals surface area contributed by atoms with Gasteiger partial charge in [0.25, 0.3) is 0 Å².